The molecule has 1 N–H and O–H groups in total. The predicted octanol–water partition coefficient (Wildman–Crippen LogP) is 4.05. The Morgan fingerprint density at radius 3 is 2.56 bits per heavy atom. The van der Waals surface area contributed by atoms with Crippen LogP contribution >= 0.6 is 0 Å². The van der Waals surface area contributed by atoms with E-state index in [0.29, 0.717) is 11.3 Å². The first-order valence-corrected chi connectivity index (χ1v) is 9.56. The van der Waals surface area contributed by atoms with Crippen LogP contribution in [0.5, 0.6) is 5.75 Å². The number of hydrogen-bond donors (Lipinski definition) is 1. The number of aryl methyl sites for hydroxylation is 1. The molecule has 0 spiro atoms. The van der Waals surface area contributed by atoms with Crippen molar-refractivity contribution in [2.24, 2.45) is 0 Å². The second-order valence-corrected chi connectivity index (χ2v) is 7.16. The van der Waals surface area contributed by atoms with Crippen molar-refractivity contribution in [1.29, 1.82) is 0 Å². The fourth-order valence-electron chi connectivity index (χ4n) is 3.39. The summed E-state index contributed by atoms with van der Waals surface area (Å²) < 4.78 is 46.3. The normalized spacial score (nSPS) is 16.3. The van der Waals surface area contributed by atoms with E-state index in [4.69, 9.17) is 4.42 Å². The molecule has 1 aliphatic rings. The van der Waals surface area contributed by atoms with E-state index in [9.17, 15) is 22.8 Å². The fraction of sp³-hybridized carbons (Fsp3) is 0.238. The van der Waals surface area contributed by atoms with E-state index in [1.807, 2.05) is 6.07 Å². The van der Waals surface area contributed by atoms with Gasteiger partial charge in [0.2, 0.25) is 11.8 Å². The van der Waals surface area contributed by atoms with Crippen LogP contribution in [0.2, 0.25) is 0 Å². The highest BCUT2D eigenvalue weighted by Gasteiger charge is 2.35. The van der Waals surface area contributed by atoms with E-state index in [2.05, 4.69) is 20.3 Å². The number of nitrogens with zero attached hydrogens (tertiary/aromatic N) is 3. The number of aromatic nitrogens is 2. The zero-order valence-corrected chi connectivity index (χ0v) is 16.7. The molecule has 11 heteroatoms. The molecule has 32 heavy (non-hydrogen) atoms. The van der Waals surface area contributed by atoms with E-state index >= 15 is 0 Å². The third-order valence-corrected chi connectivity index (χ3v) is 4.91. The monoisotopic (exact) mass is 446 g/mol. The van der Waals surface area contributed by atoms with Crippen LogP contribution in [0.25, 0.3) is 0 Å². The number of anilines is 2. The van der Waals surface area contributed by atoms with Gasteiger partial charge in [-0.15, -0.1) is 18.3 Å². The quantitative estimate of drug-likeness (QED) is 0.635. The summed E-state index contributed by atoms with van der Waals surface area (Å²) in [5.74, 6) is -1.27. The molecule has 3 aromatic rings. The minimum atomic E-state index is -4.79. The maximum Gasteiger partial charge on any atom is 0.573 e. The van der Waals surface area contributed by atoms with E-state index in [1.165, 1.54) is 17.0 Å². The Kier molecular flexibility index (Phi) is 5.56. The molecule has 2 aromatic carbocycles. The molecule has 0 saturated carbocycles. The Labute approximate surface area is 180 Å². The second kappa shape index (κ2) is 8.33. The Hall–Kier alpha value is -3.89. The highest BCUT2D eigenvalue weighted by atomic mass is 19.4. The summed E-state index contributed by atoms with van der Waals surface area (Å²) in [5, 5.41) is 10.3. The Balaban J connectivity index is 1.42. The van der Waals surface area contributed by atoms with Crippen molar-refractivity contribution in [3.8, 4) is 5.75 Å². The lowest BCUT2D eigenvalue weighted by Crippen LogP contribution is -2.24. The lowest BCUT2D eigenvalue weighted by Gasteiger charge is -2.17. The standard InChI is InChI=1S/C21H17F3N4O4/c1-12-4-2-3-5-16(12)18(30)25-20-27-26-19(31-20)13-10-17(29)28(11-13)14-6-8-15(9-7-14)32-21(22,23)24/h2-9,13H,10-11H2,1H3,(H,25,27,30). The summed E-state index contributed by atoms with van der Waals surface area (Å²) in [6, 6.07) is 11.9. The molecule has 1 saturated heterocycles. The number of carbonyl (C=O) groups excluding carboxylic acids is 2. The SMILES string of the molecule is Cc1ccccc1C(=O)Nc1nnc(C2CC(=O)N(c3ccc(OC(F)(F)F)cc3)C2)o1. The van der Waals surface area contributed by atoms with Gasteiger partial charge >= 0.3 is 12.4 Å². The molecule has 4 rings (SSSR count). The van der Waals surface area contributed by atoms with Crippen LogP contribution in [0.1, 0.15) is 34.2 Å². The maximum absolute atomic E-state index is 12.4. The molecule has 1 fully saturated rings. The summed E-state index contributed by atoms with van der Waals surface area (Å²) in [5.41, 5.74) is 1.67. The highest BCUT2D eigenvalue weighted by Crippen LogP contribution is 2.33. The first-order valence-electron chi connectivity index (χ1n) is 9.56. The van der Waals surface area contributed by atoms with E-state index < -0.39 is 18.2 Å². The van der Waals surface area contributed by atoms with Gasteiger partial charge in [0.1, 0.15) is 5.75 Å². The topological polar surface area (TPSA) is 97.6 Å². The fourth-order valence-corrected chi connectivity index (χ4v) is 3.39. The van der Waals surface area contributed by atoms with Gasteiger partial charge in [0.15, 0.2) is 0 Å². The van der Waals surface area contributed by atoms with Crippen molar-refractivity contribution < 1.29 is 31.9 Å². The molecule has 166 valence electrons. The van der Waals surface area contributed by atoms with Crippen LogP contribution in [0, 0.1) is 6.92 Å². The van der Waals surface area contributed by atoms with Crippen molar-refractivity contribution in [2.45, 2.75) is 25.6 Å². The zero-order chi connectivity index (χ0) is 22.9. The minimum absolute atomic E-state index is 0.0776. The van der Waals surface area contributed by atoms with Crippen LogP contribution in [-0.2, 0) is 4.79 Å². The van der Waals surface area contributed by atoms with E-state index in [1.54, 1.807) is 25.1 Å². The van der Waals surface area contributed by atoms with Gasteiger partial charge in [0, 0.05) is 24.2 Å². The maximum atomic E-state index is 12.4. The van der Waals surface area contributed by atoms with Gasteiger partial charge in [0.05, 0.1) is 5.92 Å². The molecule has 1 atom stereocenters. The number of hydrogen-bond acceptors (Lipinski definition) is 6. The molecule has 0 bridgehead atoms. The Morgan fingerprint density at radius 2 is 1.88 bits per heavy atom. The number of nitrogens with one attached hydrogen (secondary N) is 1. The van der Waals surface area contributed by atoms with Crippen LogP contribution < -0.4 is 15.0 Å². The lowest BCUT2D eigenvalue weighted by molar-refractivity contribution is -0.274. The minimum Gasteiger partial charge on any atom is -0.407 e. The van der Waals surface area contributed by atoms with Crippen LogP contribution in [0.15, 0.2) is 52.9 Å². The molecular weight excluding hydrogens is 429 g/mol. The first-order chi connectivity index (χ1) is 15.2. The zero-order valence-electron chi connectivity index (χ0n) is 16.7. The predicted molar refractivity (Wildman–Crippen MR) is 106 cm³/mol. The largest absolute Gasteiger partial charge is 0.573 e. The summed E-state index contributed by atoms with van der Waals surface area (Å²) >= 11 is 0. The van der Waals surface area contributed by atoms with Gasteiger partial charge in [0.25, 0.3) is 5.91 Å². The Bertz CT molecular complexity index is 1140. The molecule has 2 amide bonds. The van der Waals surface area contributed by atoms with Crippen LogP contribution in [0.3, 0.4) is 0 Å². The van der Waals surface area contributed by atoms with Gasteiger partial charge in [-0.3, -0.25) is 14.9 Å². The average Bonchev–Trinajstić information content (AvgIpc) is 3.34. The van der Waals surface area contributed by atoms with Crippen LogP contribution in [-0.4, -0.2) is 34.9 Å². The van der Waals surface area contributed by atoms with Crippen molar-refractivity contribution in [3.05, 3.63) is 65.5 Å². The highest BCUT2D eigenvalue weighted by molar-refractivity contribution is 6.04. The number of amides is 2. The van der Waals surface area contributed by atoms with Gasteiger partial charge in [-0.25, -0.2) is 0 Å². The Morgan fingerprint density at radius 1 is 1.16 bits per heavy atom. The lowest BCUT2D eigenvalue weighted by atomic mass is 10.1. The molecule has 0 radical (unpaired) electrons. The molecule has 1 unspecified atom stereocenters. The molecule has 1 aromatic heterocycles. The molecular formula is C21H17F3N4O4. The van der Waals surface area contributed by atoms with Gasteiger partial charge in [-0.2, -0.15) is 0 Å². The van der Waals surface area contributed by atoms with Gasteiger partial charge in [-0.05, 0) is 42.8 Å². The summed E-state index contributed by atoms with van der Waals surface area (Å²) in [6.45, 7) is 2.00. The molecule has 2 heterocycles. The number of rotatable bonds is 5. The number of carbonyl (C=O) groups is 2. The first kappa shape index (κ1) is 21.3. The molecule has 8 nitrogen and oxygen atoms in total. The summed E-state index contributed by atoms with van der Waals surface area (Å²) in [7, 11) is 0. The van der Waals surface area contributed by atoms with E-state index in [0.717, 1.165) is 17.7 Å². The average molecular weight is 446 g/mol. The summed E-state index contributed by atoms with van der Waals surface area (Å²) in [4.78, 5) is 26.2. The number of halogens is 3. The summed E-state index contributed by atoms with van der Waals surface area (Å²) in [6.07, 6.45) is -4.71. The molecule has 1 aliphatic heterocycles. The van der Waals surface area contributed by atoms with Crippen molar-refractivity contribution in [3.63, 3.8) is 0 Å². The third kappa shape index (κ3) is 4.71. The van der Waals surface area contributed by atoms with Crippen LogP contribution in [0.4, 0.5) is 24.9 Å². The number of benzene rings is 2. The third-order valence-electron chi connectivity index (χ3n) is 4.91. The van der Waals surface area contributed by atoms with Crippen molar-refractivity contribution in [2.75, 3.05) is 16.8 Å². The van der Waals surface area contributed by atoms with E-state index in [-0.39, 0.29) is 36.5 Å². The van der Waals surface area contributed by atoms with Gasteiger partial charge in [-0.1, -0.05) is 23.3 Å². The molecule has 0 aliphatic carbocycles. The van der Waals surface area contributed by atoms with Crippen molar-refractivity contribution in [1.82, 2.24) is 10.2 Å². The number of ether oxygens (including phenoxy) is 1. The second-order valence-electron chi connectivity index (χ2n) is 7.16. The number of alkyl halides is 3. The van der Waals surface area contributed by atoms with Gasteiger partial charge < -0.3 is 14.1 Å². The smallest absolute Gasteiger partial charge is 0.407 e. The van der Waals surface area contributed by atoms with Crippen molar-refractivity contribution >= 4 is 23.5 Å².